The first-order chi connectivity index (χ1) is 12.9. The van der Waals surface area contributed by atoms with Crippen molar-refractivity contribution in [3.05, 3.63) is 70.2 Å². The Morgan fingerprint density at radius 2 is 2.04 bits per heavy atom. The fourth-order valence-electron chi connectivity index (χ4n) is 2.80. The summed E-state index contributed by atoms with van der Waals surface area (Å²) >= 11 is 6.12. The van der Waals surface area contributed by atoms with Crippen LogP contribution in [0.3, 0.4) is 0 Å². The minimum absolute atomic E-state index is 0.0372. The van der Waals surface area contributed by atoms with Crippen LogP contribution in [0, 0.1) is 12.7 Å². The van der Waals surface area contributed by atoms with Crippen molar-refractivity contribution in [2.75, 3.05) is 7.11 Å². The van der Waals surface area contributed by atoms with Gasteiger partial charge in [-0.2, -0.15) is 0 Å². The van der Waals surface area contributed by atoms with Gasteiger partial charge in [0, 0.05) is 0 Å². The highest BCUT2D eigenvalue weighted by atomic mass is 35.5. The van der Waals surface area contributed by atoms with E-state index in [9.17, 15) is 9.18 Å². The molecule has 0 saturated carbocycles. The summed E-state index contributed by atoms with van der Waals surface area (Å²) in [5, 5.41) is 6.89. The van der Waals surface area contributed by atoms with Gasteiger partial charge in [-0.15, -0.1) is 0 Å². The zero-order chi connectivity index (χ0) is 19.6. The average molecular weight is 389 g/mol. The highest BCUT2D eigenvalue weighted by Crippen LogP contribution is 2.33. The Labute approximate surface area is 161 Å². The molecule has 0 aliphatic rings. The van der Waals surface area contributed by atoms with Crippen LogP contribution in [0.4, 0.5) is 4.39 Å². The number of methoxy groups -OCH3 is 1. The first-order valence-electron chi connectivity index (χ1n) is 8.27. The lowest BCUT2D eigenvalue weighted by Crippen LogP contribution is -2.27. The van der Waals surface area contributed by atoms with E-state index in [4.69, 9.17) is 20.9 Å². The van der Waals surface area contributed by atoms with Crippen LogP contribution in [-0.4, -0.2) is 18.2 Å². The van der Waals surface area contributed by atoms with E-state index in [-0.39, 0.29) is 33.6 Å². The third kappa shape index (κ3) is 3.80. The number of carbonyl (C=O) groups excluding carboxylic acids is 1. The molecule has 3 aromatic rings. The van der Waals surface area contributed by atoms with Crippen molar-refractivity contribution in [3.8, 4) is 17.0 Å². The minimum atomic E-state index is -0.578. The van der Waals surface area contributed by atoms with Gasteiger partial charge >= 0.3 is 0 Å². The van der Waals surface area contributed by atoms with Crippen LogP contribution in [0.1, 0.15) is 34.6 Å². The molecule has 0 aliphatic carbocycles. The summed E-state index contributed by atoms with van der Waals surface area (Å²) in [7, 11) is 1.58. The number of nitrogens with zero attached hydrogens (tertiary/aromatic N) is 1. The molecule has 0 aliphatic heterocycles. The number of hydrogen-bond donors (Lipinski definition) is 1. The van der Waals surface area contributed by atoms with Gasteiger partial charge < -0.3 is 14.6 Å². The molecule has 5 nitrogen and oxygen atoms in total. The second-order valence-electron chi connectivity index (χ2n) is 6.03. The summed E-state index contributed by atoms with van der Waals surface area (Å²) in [6, 6.07) is 11.3. The van der Waals surface area contributed by atoms with Crippen molar-refractivity contribution in [2.24, 2.45) is 0 Å². The summed E-state index contributed by atoms with van der Waals surface area (Å²) < 4.78 is 24.6. The number of aromatic nitrogens is 1. The standard InChI is InChI=1S/C20H18ClFN2O3/c1-11(13-6-4-7-14(10-13)26-3)23-20(25)17-12(2)27-24-19(17)18-15(21)8-5-9-16(18)22/h4-11H,1-3H3,(H,23,25). The van der Waals surface area contributed by atoms with E-state index in [1.165, 1.54) is 18.2 Å². The maximum absolute atomic E-state index is 14.3. The number of halogens is 2. The van der Waals surface area contributed by atoms with Crippen LogP contribution in [-0.2, 0) is 0 Å². The number of hydrogen-bond acceptors (Lipinski definition) is 4. The van der Waals surface area contributed by atoms with Crippen molar-refractivity contribution in [2.45, 2.75) is 19.9 Å². The largest absolute Gasteiger partial charge is 0.497 e. The molecule has 1 heterocycles. The van der Waals surface area contributed by atoms with E-state index < -0.39 is 11.7 Å². The molecule has 1 N–H and O–H groups in total. The van der Waals surface area contributed by atoms with Crippen LogP contribution in [0.2, 0.25) is 5.02 Å². The van der Waals surface area contributed by atoms with Crippen LogP contribution in [0.5, 0.6) is 5.75 Å². The Morgan fingerprint density at radius 3 is 2.74 bits per heavy atom. The maximum atomic E-state index is 14.3. The van der Waals surface area contributed by atoms with Gasteiger partial charge in [0.15, 0.2) is 0 Å². The molecule has 1 unspecified atom stereocenters. The summed E-state index contributed by atoms with van der Waals surface area (Å²) in [5.41, 5.74) is 1.13. The first kappa shape index (κ1) is 18.9. The molecular formula is C20H18ClFN2O3. The van der Waals surface area contributed by atoms with Gasteiger partial charge in [-0.05, 0) is 43.7 Å². The number of ether oxygens (including phenoxy) is 1. The third-order valence-electron chi connectivity index (χ3n) is 4.23. The summed E-state index contributed by atoms with van der Waals surface area (Å²) in [6.45, 7) is 3.43. The topological polar surface area (TPSA) is 64.4 Å². The van der Waals surface area contributed by atoms with E-state index in [1.54, 1.807) is 14.0 Å². The van der Waals surface area contributed by atoms with Crippen molar-refractivity contribution >= 4 is 17.5 Å². The maximum Gasteiger partial charge on any atom is 0.257 e. The van der Waals surface area contributed by atoms with E-state index in [0.29, 0.717) is 5.75 Å². The molecule has 1 aromatic heterocycles. The summed E-state index contributed by atoms with van der Waals surface area (Å²) in [4.78, 5) is 12.9. The van der Waals surface area contributed by atoms with E-state index in [1.807, 2.05) is 31.2 Å². The van der Waals surface area contributed by atoms with Gasteiger partial charge in [0.25, 0.3) is 5.91 Å². The van der Waals surface area contributed by atoms with Gasteiger partial charge in [-0.1, -0.05) is 35.0 Å². The molecule has 3 rings (SSSR count). The van der Waals surface area contributed by atoms with E-state index >= 15 is 0 Å². The molecule has 0 fully saturated rings. The second-order valence-corrected chi connectivity index (χ2v) is 6.44. The fraction of sp³-hybridized carbons (Fsp3) is 0.200. The molecule has 0 radical (unpaired) electrons. The quantitative estimate of drug-likeness (QED) is 0.672. The Hall–Kier alpha value is -2.86. The number of carbonyl (C=O) groups is 1. The normalized spacial score (nSPS) is 11.9. The molecular weight excluding hydrogens is 371 g/mol. The van der Waals surface area contributed by atoms with Crippen molar-refractivity contribution in [1.29, 1.82) is 0 Å². The molecule has 1 amide bonds. The van der Waals surface area contributed by atoms with Crippen LogP contribution in [0.15, 0.2) is 47.0 Å². The van der Waals surface area contributed by atoms with Crippen LogP contribution in [0.25, 0.3) is 11.3 Å². The van der Waals surface area contributed by atoms with Crippen LogP contribution >= 0.6 is 11.6 Å². The molecule has 27 heavy (non-hydrogen) atoms. The summed E-state index contributed by atoms with van der Waals surface area (Å²) in [5.74, 6) is -0.0441. The molecule has 0 spiro atoms. The van der Waals surface area contributed by atoms with Crippen molar-refractivity contribution in [3.63, 3.8) is 0 Å². The Morgan fingerprint density at radius 1 is 1.30 bits per heavy atom. The highest BCUT2D eigenvalue weighted by Gasteiger charge is 2.26. The Balaban J connectivity index is 1.93. The molecule has 0 saturated heterocycles. The van der Waals surface area contributed by atoms with Crippen molar-refractivity contribution in [1.82, 2.24) is 10.5 Å². The minimum Gasteiger partial charge on any atom is -0.497 e. The monoisotopic (exact) mass is 388 g/mol. The zero-order valence-electron chi connectivity index (χ0n) is 15.0. The average Bonchev–Trinajstić information content (AvgIpc) is 3.03. The fourth-order valence-corrected chi connectivity index (χ4v) is 3.05. The van der Waals surface area contributed by atoms with Crippen LogP contribution < -0.4 is 10.1 Å². The molecule has 0 bridgehead atoms. The van der Waals surface area contributed by atoms with E-state index in [2.05, 4.69) is 10.5 Å². The second kappa shape index (κ2) is 7.80. The molecule has 140 valence electrons. The number of benzene rings is 2. The number of nitrogens with one attached hydrogen (secondary N) is 1. The molecule has 1 atom stereocenters. The van der Waals surface area contributed by atoms with Gasteiger partial charge in [-0.25, -0.2) is 4.39 Å². The zero-order valence-corrected chi connectivity index (χ0v) is 15.8. The number of aryl methyl sites for hydroxylation is 1. The van der Waals surface area contributed by atoms with Gasteiger partial charge in [0.05, 0.1) is 23.7 Å². The molecule has 2 aromatic carbocycles. The predicted molar refractivity (Wildman–Crippen MR) is 101 cm³/mol. The number of amides is 1. The van der Waals surface area contributed by atoms with Gasteiger partial charge in [0.2, 0.25) is 0 Å². The van der Waals surface area contributed by atoms with Gasteiger partial charge in [0.1, 0.15) is 28.6 Å². The lowest BCUT2D eigenvalue weighted by atomic mass is 10.0. The summed E-state index contributed by atoms with van der Waals surface area (Å²) in [6.07, 6.45) is 0. The Kier molecular flexibility index (Phi) is 5.46. The SMILES string of the molecule is COc1cccc(C(C)NC(=O)c2c(-c3c(F)cccc3Cl)noc2C)c1. The van der Waals surface area contributed by atoms with Gasteiger partial charge in [-0.3, -0.25) is 4.79 Å². The molecule has 7 heteroatoms. The smallest absolute Gasteiger partial charge is 0.257 e. The first-order valence-corrected chi connectivity index (χ1v) is 8.65. The lowest BCUT2D eigenvalue weighted by Gasteiger charge is -2.15. The lowest BCUT2D eigenvalue weighted by molar-refractivity contribution is 0.0939. The predicted octanol–water partition coefficient (Wildman–Crippen LogP) is 4.94. The number of rotatable bonds is 5. The Bertz CT molecular complexity index is 967. The van der Waals surface area contributed by atoms with Crippen molar-refractivity contribution < 1.29 is 18.4 Å². The van der Waals surface area contributed by atoms with E-state index in [0.717, 1.165) is 5.56 Å². The highest BCUT2D eigenvalue weighted by molar-refractivity contribution is 6.33. The third-order valence-corrected chi connectivity index (χ3v) is 4.55.